The summed E-state index contributed by atoms with van der Waals surface area (Å²) in [6.07, 6.45) is 0.123. The quantitative estimate of drug-likeness (QED) is 0.815. The van der Waals surface area contributed by atoms with Crippen molar-refractivity contribution in [2.75, 3.05) is 19.5 Å². The molecule has 2 amide bonds. The number of benzene rings is 2. The van der Waals surface area contributed by atoms with Crippen molar-refractivity contribution >= 4 is 29.3 Å². The van der Waals surface area contributed by atoms with E-state index in [0.29, 0.717) is 18.0 Å². The van der Waals surface area contributed by atoms with Crippen LogP contribution in [0, 0.1) is 0 Å². The highest BCUT2D eigenvalue weighted by molar-refractivity contribution is 8.01. The number of para-hydroxylation sites is 1. The van der Waals surface area contributed by atoms with Crippen molar-refractivity contribution in [3.63, 3.8) is 0 Å². The SMILES string of the molecule is COc1ccc(CNC(=O)C[C@@H]2Sc3ccccc3NC2=O)cc1OC. The molecule has 0 fully saturated rings. The first-order chi connectivity index (χ1) is 12.6. The Morgan fingerprint density at radius 3 is 2.69 bits per heavy atom. The van der Waals surface area contributed by atoms with Crippen LogP contribution >= 0.6 is 11.8 Å². The van der Waals surface area contributed by atoms with Crippen molar-refractivity contribution in [3.05, 3.63) is 48.0 Å². The number of thioether (sulfide) groups is 1. The highest BCUT2D eigenvalue weighted by Crippen LogP contribution is 2.36. The van der Waals surface area contributed by atoms with Gasteiger partial charge in [0.05, 0.1) is 25.2 Å². The number of amides is 2. The Kier molecular flexibility index (Phi) is 5.68. The molecule has 2 aromatic rings. The van der Waals surface area contributed by atoms with Gasteiger partial charge in [0.25, 0.3) is 0 Å². The van der Waals surface area contributed by atoms with Crippen LogP contribution in [0.1, 0.15) is 12.0 Å². The first-order valence-electron chi connectivity index (χ1n) is 8.15. The Labute approximate surface area is 156 Å². The molecule has 0 unspecified atom stereocenters. The van der Waals surface area contributed by atoms with Crippen molar-refractivity contribution < 1.29 is 19.1 Å². The molecule has 26 heavy (non-hydrogen) atoms. The predicted molar refractivity (Wildman–Crippen MR) is 101 cm³/mol. The summed E-state index contributed by atoms with van der Waals surface area (Å²) in [4.78, 5) is 25.4. The third-order valence-corrected chi connectivity index (χ3v) is 5.29. The Bertz CT molecular complexity index is 825. The number of hydrogen-bond acceptors (Lipinski definition) is 5. The largest absolute Gasteiger partial charge is 0.493 e. The minimum atomic E-state index is -0.435. The second kappa shape index (κ2) is 8.14. The third-order valence-electron chi connectivity index (χ3n) is 4.02. The minimum Gasteiger partial charge on any atom is -0.493 e. The van der Waals surface area contributed by atoms with E-state index < -0.39 is 5.25 Å². The maximum atomic E-state index is 12.3. The summed E-state index contributed by atoms with van der Waals surface area (Å²) in [6, 6.07) is 13.0. The minimum absolute atomic E-state index is 0.123. The molecule has 0 radical (unpaired) electrons. The standard InChI is InChI=1S/C19H20N2O4S/c1-24-14-8-7-12(9-15(14)25-2)11-20-18(22)10-17-19(23)21-13-5-3-4-6-16(13)26-17/h3-9,17H,10-11H2,1-2H3,(H,20,22)(H,21,23)/t17-/m0/s1. The molecule has 6 nitrogen and oxygen atoms in total. The van der Waals surface area contributed by atoms with Crippen LogP contribution in [0.3, 0.4) is 0 Å². The molecule has 7 heteroatoms. The first kappa shape index (κ1) is 18.1. The van der Waals surface area contributed by atoms with Gasteiger partial charge in [-0.05, 0) is 29.8 Å². The molecule has 2 N–H and O–H groups in total. The molecule has 2 aromatic carbocycles. The number of carbonyl (C=O) groups is 2. The van der Waals surface area contributed by atoms with Gasteiger partial charge in [-0.1, -0.05) is 18.2 Å². The number of hydrogen-bond donors (Lipinski definition) is 2. The number of fused-ring (bicyclic) bond motifs is 1. The van der Waals surface area contributed by atoms with Crippen LogP contribution in [0.25, 0.3) is 0 Å². The maximum Gasteiger partial charge on any atom is 0.238 e. The maximum absolute atomic E-state index is 12.3. The van der Waals surface area contributed by atoms with Crippen LogP contribution in [0.5, 0.6) is 11.5 Å². The van der Waals surface area contributed by atoms with Crippen LogP contribution in [0.4, 0.5) is 5.69 Å². The molecule has 1 heterocycles. The summed E-state index contributed by atoms with van der Waals surface area (Å²) in [6.45, 7) is 0.356. The molecular weight excluding hydrogens is 352 g/mol. The Hall–Kier alpha value is -2.67. The number of rotatable bonds is 6. The topological polar surface area (TPSA) is 76.7 Å². The molecule has 0 aromatic heterocycles. The first-order valence-corrected chi connectivity index (χ1v) is 9.03. The van der Waals surface area contributed by atoms with Crippen LogP contribution < -0.4 is 20.1 Å². The van der Waals surface area contributed by atoms with E-state index >= 15 is 0 Å². The Morgan fingerprint density at radius 1 is 1.15 bits per heavy atom. The van der Waals surface area contributed by atoms with E-state index in [1.54, 1.807) is 20.3 Å². The highest BCUT2D eigenvalue weighted by atomic mass is 32.2. The fraction of sp³-hybridized carbons (Fsp3) is 0.263. The van der Waals surface area contributed by atoms with E-state index in [4.69, 9.17) is 9.47 Å². The average Bonchev–Trinajstić information content (AvgIpc) is 2.66. The molecule has 1 aliphatic rings. The average molecular weight is 372 g/mol. The lowest BCUT2D eigenvalue weighted by molar-refractivity contribution is -0.124. The molecule has 0 spiro atoms. The zero-order chi connectivity index (χ0) is 18.5. The van der Waals surface area contributed by atoms with Crippen LogP contribution in [-0.2, 0) is 16.1 Å². The van der Waals surface area contributed by atoms with E-state index in [1.807, 2.05) is 36.4 Å². The Morgan fingerprint density at radius 2 is 1.92 bits per heavy atom. The lowest BCUT2D eigenvalue weighted by Crippen LogP contribution is -2.34. The fourth-order valence-corrected chi connectivity index (χ4v) is 3.77. The summed E-state index contributed by atoms with van der Waals surface area (Å²) in [5.41, 5.74) is 1.69. The highest BCUT2D eigenvalue weighted by Gasteiger charge is 2.28. The van der Waals surface area contributed by atoms with Gasteiger partial charge >= 0.3 is 0 Å². The van der Waals surface area contributed by atoms with Crippen molar-refractivity contribution in [1.82, 2.24) is 5.32 Å². The van der Waals surface area contributed by atoms with Gasteiger partial charge in [-0.2, -0.15) is 0 Å². The summed E-state index contributed by atoms with van der Waals surface area (Å²) >= 11 is 1.42. The molecule has 1 aliphatic heterocycles. The zero-order valence-electron chi connectivity index (χ0n) is 14.6. The van der Waals surface area contributed by atoms with E-state index in [9.17, 15) is 9.59 Å². The molecule has 3 rings (SSSR count). The van der Waals surface area contributed by atoms with Gasteiger partial charge in [0, 0.05) is 17.9 Å². The second-order valence-electron chi connectivity index (χ2n) is 5.76. The molecule has 0 aliphatic carbocycles. The van der Waals surface area contributed by atoms with E-state index in [0.717, 1.165) is 16.1 Å². The van der Waals surface area contributed by atoms with Gasteiger partial charge in [-0.3, -0.25) is 9.59 Å². The molecule has 1 atom stereocenters. The number of anilines is 1. The fourth-order valence-electron chi connectivity index (χ4n) is 2.66. The predicted octanol–water partition coefficient (Wildman–Crippen LogP) is 2.82. The monoisotopic (exact) mass is 372 g/mol. The smallest absolute Gasteiger partial charge is 0.238 e. The van der Waals surface area contributed by atoms with Crippen LogP contribution in [-0.4, -0.2) is 31.3 Å². The summed E-state index contributed by atoms with van der Waals surface area (Å²) in [5, 5.41) is 5.26. The number of nitrogens with one attached hydrogen (secondary N) is 2. The Balaban J connectivity index is 1.57. The summed E-state index contributed by atoms with van der Waals surface area (Å²) < 4.78 is 10.5. The lowest BCUT2D eigenvalue weighted by atomic mass is 10.2. The summed E-state index contributed by atoms with van der Waals surface area (Å²) in [5.74, 6) is 0.927. The molecule has 0 bridgehead atoms. The third kappa shape index (κ3) is 4.11. The lowest BCUT2D eigenvalue weighted by Gasteiger charge is -2.23. The number of ether oxygens (including phenoxy) is 2. The second-order valence-corrected chi connectivity index (χ2v) is 7.01. The van der Waals surface area contributed by atoms with Gasteiger partial charge in [0.15, 0.2) is 11.5 Å². The van der Waals surface area contributed by atoms with E-state index in [-0.39, 0.29) is 18.2 Å². The van der Waals surface area contributed by atoms with E-state index in [1.165, 1.54) is 11.8 Å². The van der Waals surface area contributed by atoms with Gasteiger partial charge in [-0.15, -0.1) is 11.8 Å². The van der Waals surface area contributed by atoms with E-state index in [2.05, 4.69) is 10.6 Å². The molecule has 0 saturated heterocycles. The van der Waals surface area contributed by atoms with Crippen LogP contribution in [0.15, 0.2) is 47.4 Å². The normalized spacial score (nSPS) is 15.6. The van der Waals surface area contributed by atoms with Gasteiger partial charge < -0.3 is 20.1 Å². The van der Waals surface area contributed by atoms with Crippen LogP contribution in [0.2, 0.25) is 0 Å². The molecule has 136 valence electrons. The van der Waals surface area contributed by atoms with Gasteiger partial charge in [0.1, 0.15) is 0 Å². The summed E-state index contributed by atoms with van der Waals surface area (Å²) in [7, 11) is 3.14. The van der Waals surface area contributed by atoms with Gasteiger partial charge in [0.2, 0.25) is 11.8 Å². The molecular formula is C19H20N2O4S. The molecule has 0 saturated carbocycles. The number of methoxy groups -OCH3 is 2. The van der Waals surface area contributed by atoms with Gasteiger partial charge in [-0.25, -0.2) is 0 Å². The van der Waals surface area contributed by atoms with Crippen molar-refractivity contribution in [2.45, 2.75) is 23.1 Å². The van der Waals surface area contributed by atoms with Crippen molar-refractivity contribution in [3.8, 4) is 11.5 Å². The van der Waals surface area contributed by atoms with Crippen molar-refractivity contribution in [2.24, 2.45) is 0 Å². The zero-order valence-corrected chi connectivity index (χ0v) is 15.4. The number of carbonyl (C=O) groups excluding carboxylic acids is 2. The van der Waals surface area contributed by atoms with Crippen molar-refractivity contribution in [1.29, 1.82) is 0 Å².